The Morgan fingerprint density at radius 2 is 2.14 bits per heavy atom. The van der Waals surface area contributed by atoms with Crippen molar-refractivity contribution in [2.75, 3.05) is 19.6 Å². The second kappa shape index (κ2) is 6.19. The van der Waals surface area contributed by atoms with Gasteiger partial charge in [0.15, 0.2) is 0 Å². The van der Waals surface area contributed by atoms with Crippen LogP contribution in [0.15, 0.2) is 52.8 Å². The van der Waals surface area contributed by atoms with Crippen LogP contribution in [0.1, 0.15) is 12.0 Å². The van der Waals surface area contributed by atoms with E-state index in [2.05, 4.69) is 15.3 Å². The Labute approximate surface area is 167 Å². The number of ether oxygens (including phenoxy) is 1. The number of fused-ring (bicyclic) bond motifs is 2. The second-order valence-electron chi connectivity index (χ2n) is 7.56. The summed E-state index contributed by atoms with van der Waals surface area (Å²) in [5.41, 5.74) is 8.05. The lowest BCUT2D eigenvalue weighted by Crippen LogP contribution is -2.33. The number of hydrogen-bond donors (Lipinski definition) is 2. The molecule has 2 aromatic heterocycles. The highest BCUT2D eigenvalue weighted by Gasteiger charge is 2.35. The molecule has 0 saturated heterocycles. The van der Waals surface area contributed by atoms with Gasteiger partial charge in [0.1, 0.15) is 17.5 Å². The van der Waals surface area contributed by atoms with Crippen LogP contribution in [0, 0.1) is 0 Å². The van der Waals surface area contributed by atoms with Gasteiger partial charge in [0.2, 0.25) is 0 Å². The van der Waals surface area contributed by atoms with Crippen LogP contribution >= 0.6 is 11.6 Å². The summed E-state index contributed by atoms with van der Waals surface area (Å²) in [7, 11) is 0. The molecule has 0 fully saturated rings. The summed E-state index contributed by atoms with van der Waals surface area (Å²) in [5, 5.41) is 5.26. The van der Waals surface area contributed by atoms with Gasteiger partial charge in [-0.05, 0) is 53.9 Å². The number of hydrogen-bond acceptors (Lipinski definition) is 4. The molecule has 3 aliphatic heterocycles. The highest BCUT2D eigenvalue weighted by molar-refractivity contribution is 6.31. The molecule has 1 unspecified atom stereocenters. The monoisotopic (exact) mass is 390 g/mol. The Morgan fingerprint density at radius 3 is 3.11 bits per heavy atom. The van der Waals surface area contributed by atoms with E-state index in [4.69, 9.17) is 21.3 Å². The molecule has 0 bridgehead atoms. The largest absolute Gasteiger partial charge is 0.483 e. The molecular weight excluding hydrogens is 372 g/mol. The molecular formula is C22H19ClN4O. The third-order valence-electron chi connectivity index (χ3n) is 5.93. The van der Waals surface area contributed by atoms with Crippen molar-refractivity contribution in [1.29, 1.82) is 0 Å². The van der Waals surface area contributed by atoms with Gasteiger partial charge in [-0.1, -0.05) is 11.6 Å². The molecule has 1 atom stereocenters. The summed E-state index contributed by atoms with van der Waals surface area (Å²) < 4.78 is 6.52. The number of aromatic amines is 1. The number of aliphatic imine (C=N–C) groups is 1. The zero-order chi connectivity index (χ0) is 18.7. The average Bonchev–Trinajstić information content (AvgIpc) is 3.43. The minimum Gasteiger partial charge on any atom is -0.483 e. The van der Waals surface area contributed by atoms with Crippen LogP contribution in [0.3, 0.4) is 0 Å². The maximum Gasteiger partial charge on any atom is 0.145 e. The number of rotatable bonds is 2. The molecule has 3 aliphatic rings. The number of halogens is 1. The zero-order valence-electron chi connectivity index (χ0n) is 15.3. The Bertz CT molecular complexity index is 1180. The van der Waals surface area contributed by atoms with Gasteiger partial charge in [-0.25, -0.2) is 4.98 Å². The van der Waals surface area contributed by atoms with E-state index in [0.717, 1.165) is 76.7 Å². The van der Waals surface area contributed by atoms with E-state index in [-0.39, 0.29) is 6.10 Å². The first kappa shape index (κ1) is 16.3. The maximum absolute atomic E-state index is 6.52. The van der Waals surface area contributed by atoms with Gasteiger partial charge in [0.25, 0.3) is 0 Å². The minimum absolute atomic E-state index is 0.0387. The van der Waals surface area contributed by atoms with Crippen LogP contribution in [0.5, 0.6) is 5.75 Å². The Morgan fingerprint density at radius 1 is 1.18 bits per heavy atom. The lowest BCUT2D eigenvalue weighted by atomic mass is 9.95. The zero-order valence-corrected chi connectivity index (χ0v) is 16.0. The van der Waals surface area contributed by atoms with Crippen molar-refractivity contribution in [1.82, 2.24) is 15.3 Å². The van der Waals surface area contributed by atoms with Crippen LogP contribution in [-0.2, 0) is 6.42 Å². The molecule has 28 heavy (non-hydrogen) atoms. The molecule has 1 aromatic carbocycles. The minimum atomic E-state index is -0.0387. The topological polar surface area (TPSA) is 62.3 Å². The van der Waals surface area contributed by atoms with Crippen LogP contribution in [-0.4, -0.2) is 41.4 Å². The predicted molar refractivity (Wildman–Crippen MR) is 111 cm³/mol. The molecule has 0 radical (unpaired) electrons. The first-order valence-corrected chi connectivity index (χ1v) is 10.0. The number of pyridine rings is 1. The van der Waals surface area contributed by atoms with E-state index in [9.17, 15) is 0 Å². The summed E-state index contributed by atoms with van der Waals surface area (Å²) >= 11 is 6.49. The number of aromatic nitrogens is 2. The van der Waals surface area contributed by atoms with Crippen molar-refractivity contribution in [2.45, 2.75) is 18.9 Å². The van der Waals surface area contributed by atoms with Gasteiger partial charge in [-0.15, -0.1) is 0 Å². The number of nitrogens with one attached hydrogen (secondary N) is 2. The summed E-state index contributed by atoms with van der Waals surface area (Å²) in [4.78, 5) is 12.4. The van der Waals surface area contributed by atoms with Crippen molar-refractivity contribution in [3.8, 4) is 16.9 Å². The van der Waals surface area contributed by atoms with Gasteiger partial charge < -0.3 is 15.0 Å². The van der Waals surface area contributed by atoms with Crippen molar-refractivity contribution >= 4 is 28.3 Å². The van der Waals surface area contributed by atoms with Gasteiger partial charge in [-0.3, -0.25) is 4.99 Å². The highest BCUT2D eigenvalue weighted by atomic mass is 35.5. The molecule has 6 rings (SSSR count). The van der Waals surface area contributed by atoms with Crippen LogP contribution in [0.4, 0.5) is 0 Å². The lowest BCUT2D eigenvalue weighted by molar-refractivity contribution is 0.302. The molecule has 0 aliphatic carbocycles. The molecule has 0 spiro atoms. The van der Waals surface area contributed by atoms with E-state index >= 15 is 0 Å². The van der Waals surface area contributed by atoms with Crippen molar-refractivity contribution < 1.29 is 4.74 Å². The molecule has 0 amide bonds. The predicted octanol–water partition coefficient (Wildman–Crippen LogP) is 3.93. The Balaban J connectivity index is 1.43. The fraction of sp³-hybridized carbons (Fsp3) is 0.273. The van der Waals surface area contributed by atoms with E-state index in [0.29, 0.717) is 0 Å². The molecule has 2 N–H and O–H groups in total. The van der Waals surface area contributed by atoms with Crippen molar-refractivity contribution in [3.63, 3.8) is 0 Å². The van der Waals surface area contributed by atoms with Crippen molar-refractivity contribution in [3.05, 3.63) is 58.4 Å². The van der Waals surface area contributed by atoms with Crippen LogP contribution in [0.25, 0.3) is 22.2 Å². The smallest absolute Gasteiger partial charge is 0.145 e. The molecule has 5 nitrogen and oxygen atoms in total. The van der Waals surface area contributed by atoms with Gasteiger partial charge >= 0.3 is 0 Å². The standard InChI is InChI=1S/C22H19ClN4O/c23-14-7-13-8-19(20-18-11-24-4-1-12(18)10-27-20)28-21(13)17(9-14)15-2-5-25-22-16(15)3-6-26-22/h2-3,5-7,9,19,24H,1,4,8,10-11H2,(H,25,26). The molecule has 6 heteroatoms. The fourth-order valence-corrected chi connectivity index (χ4v) is 4.86. The fourth-order valence-electron chi connectivity index (χ4n) is 4.62. The summed E-state index contributed by atoms with van der Waals surface area (Å²) in [5.74, 6) is 0.920. The Kier molecular flexibility index (Phi) is 3.61. The normalized spacial score (nSPS) is 20.9. The van der Waals surface area contributed by atoms with Crippen LogP contribution in [0.2, 0.25) is 5.02 Å². The highest BCUT2D eigenvalue weighted by Crippen LogP contribution is 2.44. The molecule has 3 aromatic rings. The quantitative estimate of drug-likeness (QED) is 0.696. The van der Waals surface area contributed by atoms with Crippen molar-refractivity contribution in [2.24, 2.45) is 4.99 Å². The molecule has 0 saturated carbocycles. The number of H-pyrrole nitrogens is 1. The summed E-state index contributed by atoms with van der Waals surface area (Å²) in [6.07, 6.45) is 5.58. The molecule has 5 heterocycles. The van der Waals surface area contributed by atoms with Gasteiger partial charge in [0, 0.05) is 46.9 Å². The second-order valence-corrected chi connectivity index (χ2v) is 8.00. The third kappa shape index (κ3) is 2.43. The van der Waals surface area contributed by atoms with Crippen LogP contribution < -0.4 is 10.1 Å². The van der Waals surface area contributed by atoms with E-state index in [1.807, 2.05) is 36.7 Å². The first-order chi connectivity index (χ1) is 13.8. The number of benzene rings is 1. The van der Waals surface area contributed by atoms with E-state index in [1.54, 1.807) is 0 Å². The molecule has 140 valence electrons. The summed E-state index contributed by atoms with van der Waals surface area (Å²) in [6, 6.07) is 8.09. The Hall–Kier alpha value is -2.63. The average molecular weight is 391 g/mol. The SMILES string of the molecule is Clc1cc2c(c(-c3ccnc4[nH]ccc34)c1)OC(C1=NCC3=C1CNCC3)C2. The van der Waals surface area contributed by atoms with Gasteiger partial charge in [0.05, 0.1) is 12.3 Å². The first-order valence-electron chi connectivity index (χ1n) is 9.66. The lowest BCUT2D eigenvalue weighted by Gasteiger charge is -2.20. The third-order valence-corrected chi connectivity index (χ3v) is 6.15. The van der Waals surface area contributed by atoms with E-state index in [1.165, 1.54) is 11.1 Å². The van der Waals surface area contributed by atoms with Gasteiger partial charge in [-0.2, -0.15) is 0 Å². The van der Waals surface area contributed by atoms with E-state index < -0.39 is 0 Å². The summed E-state index contributed by atoms with van der Waals surface area (Å²) in [6.45, 7) is 2.76. The maximum atomic E-state index is 6.52. The number of nitrogens with zero attached hydrogens (tertiary/aromatic N) is 2.